The maximum absolute atomic E-state index is 12.2. The molecule has 1 heterocycles. The quantitative estimate of drug-likeness (QED) is 0.720. The van der Waals surface area contributed by atoms with Gasteiger partial charge in [-0.25, -0.2) is 0 Å². The number of carbonyl (C=O) groups excluding carboxylic acids is 1. The van der Waals surface area contributed by atoms with Crippen molar-refractivity contribution in [3.63, 3.8) is 0 Å². The van der Waals surface area contributed by atoms with E-state index in [9.17, 15) is 4.79 Å². The molecule has 0 bridgehead atoms. The fraction of sp³-hybridized carbons (Fsp3) is 0.455. The van der Waals surface area contributed by atoms with Crippen LogP contribution >= 0.6 is 0 Å². The van der Waals surface area contributed by atoms with Crippen molar-refractivity contribution in [1.82, 2.24) is 5.32 Å². The zero-order valence-electron chi connectivity index (χ0n) is 15.8. The molecule has 0 saturated heterocycles. The van der Waals surface area contributed by atoms with Gasteiger partial charge in [0.1, 0.15) is 12.5 Å². The van der Waals surface area contributed by atoms with Crippen molar-refractivity contribution in [2.45, 2.75) is 44.9 Å². The lowest BCUT2D eigenvalue weighted by Crippen LogP contribution is -2.30. The van der Waals surface area contributed by atoms with Crippen LogP contribution < -0.4 is 15.8 Å². The summed E-state index contributed by atoms with van der Waals surface area (Å²) in [6.07, 6.45) is 13.5. The first-order valence-corrected chi connectivity index (χ1v) is 9.88. The number of allylic oxidation sites excluding steroid dienone is 3. The zero-order valence-corrected chi connectivity index (χ0v) is 15.8. The third-order valence-electron chi connectivity index (χ3n) is 5.15. The van der Waals surface area contributed by atoms with Crippen molar-refractivity contribution in [2.24, 2.45) is 16.6 Å². The Morgan fingerprint density at radius 2 is 1.93 bits per heavy atom. The van der Waals surface area contributed by atoms with E-state index in [0.717, 1.165) is 35.5 Å². The summed E-state index contributed by atoms with van der Waals surface area (Å²) in [6, 6.07) is 7.78. The molecule has 1 aromatic rings. The number of hydrogen-bond acceptors (Lipinski definition) is 4. The minimum absolute atomic E-state index is 0.0655. The standard InChI is InChI=1S/C22H29N3O2/c23-16-27-21-11-9-18(10-12-21)19-7-4-8-20(24-15-19)13-22(26)25-14-17-5-2-1-3-6-17/h7-12,15,17H,1-6,13-14,16,23H2,(H,25,26). The van der Waals surface area contributed by atoms with E-state index >= 15 is 0 Å². The van der Waals surface area contributed by atoms with Crippen molar-refractivity contribution in [3.8, 4) is 5.75 Å². The van der Waals surface area contributed by atoms with E-state index in [-0.39, 0.29) is 12.6 Å². The summed E-state index contributed by atoms with van der Waals surface area (Å²) < 4.78 is 5.27. The van der Waals surface area contributed by atoms with Crippen LogP contribution in [0, 0.1) is 5.92 Å². The van der Waals surface area contributed by atoms with Crippen LogP contribution in [-0.4, -0.2) is 25.4 Å². The van der Waals surface area contributed by atoms with E-state index in [1.54, 1.807) is 0 Å². The molecule has 27 heavy (non-hydrogen) atoms. The Bertz CT molecular complexity index is 714. The van der Waals surface area contributed by atoms with Crippen LogP contribution in [0.25, 0.3) is 5.57 Å². The molecule has 144 valence electrons. The molecule has 0 aromatic heterocycles. The summed E-state index contributed by atoms with van der Waals surface area (Å²) in [7, 11) is 0. The van der Waals surface area contributed by atoms with E-state index in [2.05, 4.69) is 16.4 Å². The molecule has 1 aliphatic heterocycles. The van der Waals surface area contributed by atoms with E-state index in [0.29, 0.717) is 12.3 Å². The summed E-state index contributed by atoms with van der Waals surface area (Å²) in [4.78, 5) is 16.8. The fourth-order valence-electron chi connectivity index (χ4n) is 3.61. The van der Waals surface area contributed by atoms with Gasteiger partial charge in [0.25, 0.3) is 0 Å². The van der Waals surface area contributed by atoms with Crippen molar-refractivity contribution >= 4 is 17.7 Å². The number of nitrogens with two attached hydrogens (primary N) is 1. The van der Waals surface area contributed by atoms with Gasteiger partial charge in [0, 0.05) is 18.5 Å². The van der Waals surface area contributed by atoms with Crippen LogP contribution in [0.4, 0.5) is 0 Å². The molecule has 1 aliphatic carbocycles. The third kappa shape index (κ3) is 6.07. The van der Waals surface area contributed by atoms with Gasteiger partial charge >= 0.3 is 0 Å². The maximum atomic E-state index is 12.2. The first kappa shape index (κ1) is 19.4. The Morgan fingerprint density at radius 1 is 1.15 bits per heavy atom. The Hall–Kier alpha value is -2.40. The summed E-state index contributed by atoms with van der Waals surface area (Å²) in [6.45, 7) is 0.968. The van der Waals surface area contributed by atoms with E-state index in [1.807, 2.05) is 36.6 Å². The molecule has 1 fully saturated rings. The lowest BCUT2D eigenvalue weighted by Gasteiger charge is -2.21. The smallest absolute Gasteiger partial charge is 0.226 e. The fourth-order valence-corrected chi connectivity index (χ4v) is 3.61. The molecule has 0 radical (unpaired) electrons. The molecule has 1 amide bonds. The second-order valence-electron chi connectivity index (χ2n) is 7.17. The van der Waals surface area contributed by atoms with E-state index in [1.165, 1.54) is 32.1 Å². The number of carbonyl (C=O) groups is 1. The van der Waals surface area contributed by atoms with E-state index < -0.39 is 0 Å². The van der Waals surface area contributed by atoms with Crippen molar-refractivity contribution in [2.75, 3.05) is 13.3 Å². The Labute approximate surface area is 161 Å². The van der Waals surface area contributed by atoms with Gasteiger partial charge in [-0.05, 0) is 48.4 Å². The van der Waals surface area contributed by atoms with Crippen molar-refractivity contribution in [3.05, 3.63) is 47.7 Å². The van der Waals surface area contributed by atoms with Crippen LogP contribution in [0.3, 0.4) is 0 Å². The summed E-state index contributed by atoms with van der Waals surface area (Å²) in [5.41, 5.74) is 8.32. The molecule has 0 spiro atoms. The molecule has 3 N–H and O–H groups in total. The van der Waals surface area contributed by atoms with Gasteiger partial charge in [0.15, 0.2) is 0 Å². The minimum Gasteiger partial charge on any atom is -0.479 e. The van der Waals surface area contributed by atoms with Gasteiger partial charge < -0.3 is 10.1 Å². The number of nitrogens with zero attached hydrogens (tertiary/aromatic N) is 1. The Balaban J connectivity index is 1.50. The first-order valence-electron chi connectivity index (χ1n) is 9.88. The Morgan fingerprint density at radius 3 is 2.67 bits per heavy atom. The lowest BCUT2D eigenvalue weighted by molar-refractivity contribution is -0.120. The Kier molecular flexibility index (Phi) is 7.22. The molecule has 1 aromatic carbocycles. The summed E-state index contributed by atoms with van der Waals surface area (Å²) >= 11 is 0. The number of amides is 1. The van der Waals surface area contributed by atoms with Gasteiger partial charge in [-0.15, -0.1) is 0 Å². The van der Waals surface area contributed by atoms with Crippen LogP contribution in [0.2, 0.25) is 0 Å². The van der Waals surface area contributed by atoms with Gasteiger partial charge in [0.05, 0.1) is 6.42 Å². The second-order valence-corrected chi connectivity index (χ2v) is 7.17. The van der Waals surface area contributed by atoms with Crippen LogP contribution in [0.1, 0.15) is 50.5 Å². The number of hydrogen-bond donors (Lipinski definition) is 2. The average molecular weight is 367 g/mol. The predicted octanol–water partition coefficient (Wildman–Crippen LogP) is 3.81. The lowest BCUT2D eigenvalue weighted by atomic mass is 9.89. The highest BCUT2D eigenvalue weighted by molar-refractivity contribution is 6.10. The average Bonchev–Trinajstić information content (AvgIpc) is 2.94. The van der Waals surface area contributed by atoms with Gasteiger partial charge in [-0.3, -0.25) is 15.5 Å². The predicted molar refractivity (Wildman–Crippen MR) is 109 cm³/mol. The highest BCUT2D eigenvalue weighted by Gasteiger charge is 2.15. The highest BCUT2D eigenvalue weighted by atomic mass is 16.5. The molecule has 3 rings (SSSR count). The van der Waals surface area contributed by atoms with Crippen molar-refractivity contribution < 1.29 is 9.53 Å². The zero-order chi connectivity index (χ0) is 18.9. The van der Waals surface area contributed by atoms with Crippen molar-refractivity contribution in [1.29, 1.82) is 0 Å². The molecule has 2 aliphatic rings. The molecule has 1 saturated carbocycles. The number of benzene rings is 1. The van der Waals surface area contributed by atoms with Crippen LogP contribution in [-0.2, 0) is 4.79 Å². The maximum Gasteiger partial charge on any atom is 0.226 e. The number of ether oxygens (including phenoxy) is 1. The van der Waals surface area contributed by atoms with Gasteiger partial charge in [0.2, 0.25) is 5.91 Å². The summed E-state index contributed by atoms with van der Waals surface area (Å²) in [5.74, 6) is 1.46. The van der Waals surface area contributed by atoms with Gasteiger partial charge in [-0.1, -0.05) is 43.5 Å². The molecule has 0 atom stereocenters. The summed E-state index contributed by atoms with van der Waals surface area (Å²) in [5, 5.41) is 3.09. The first-order chi connectivity index (χ1) is 13.2. The molecule has 0 unspecified atom stereocenters. The molecule has 5 heteroatoms. The van der Waals surface area contributed by atoms with Gasteiger partial charge in [-0.2, -0.15) is 0 Å². The third-order valence-corrected chi connectivity index (χ3v) is 5.15. The second kappa shape index (κ2) is 10.1. The monoisotopic (exact) mass is 367 g/mol. The van der Waals surface area contributed by atoms with Crippen LogP contribution in [0.5, 0.6) is 5.75 Å². The molecular formula is C22H29N3O2. The molecular weight excluding hydrogens is 338 g/mol. The molecule has 5 nitrogen and oxygen atoms in total. The SMILES string of the molecule is NCOc1ccc(C2=CCC=C(CC(=O)NCC3CCCCC3)N=C2)cc1. The topological polar surface area (TPSA) is 76.7 Å². The minimum atomic E-state index is 0.0655. The van der Waals surface area contributed by atoms with Crippen LogP contribution in [0.15, 0.2) is 47.1 Å². The number of rotatable bonds is 7. The normalized spacial score (nSPS) is 17.7. The van der Waals surface area contributed by atoms with E-state index in [4.69, 9.17) is 10.5 Å². The number of aliphatic imine (C=N–C) groups is 1. The number of nitrogens with one attached hydrogen (secondary N) is 1. The highest BCUT2D eigenvalue weighted by Crippen LogP contribution is 2.23. The largest absolute Gasteiger partial charge is 0.479 e.